The maximum Gasteiger partial charge on any atom is 0.253 e. The Morgan fingerprint density at radius 3 is 2.47 bits per heavy atom. The van der Waals surface area contributed by atoms with Crippen molar-refractivity contribution in [3.63, 3.8) is 0 Å². The van der Waals surface area contributed by atoms with Gasteiger partial charge in [-0.3, -0.25) is 9.59 Å². The number of hydrogen-bond acceptors (Lipinski definition) is 5. The molecule has 0 bridgehead atoms. The molecular formula is C23H24BrCl2N5O2S. The van der Waals surface area contributed by atoms with E-state index >= 15 is 0 Å². The summed E-state index contributed by atoms with van der Waals surface area (Å²) in [5, 5.41) is 15.7. The van der Waals surface area contributed by atoms with Crippen LogP contribution in [0.25, 0.3) is 0 Å². The Morgan fingerprint density at radius 2 is 1.82 bits per heavy atom. The molecule has 3 aromatic rings. The van der Waals surface area contributed by atoms with Crippen LogP contribution < -0.4 is 10.6 Å². The standard InChI is InChI=1S/C23H24BrCl2N5O2S/c1-13(2)10-19(28-22(33)17-9-6-15(25)11-18(17)26)21-29-30-23(31(21)3)34-12-20(32)27-16-7-4-14(24)5-8-16/h4-9,11,13,19H,10,12H2,1-3H3,(H,27,32)(H,28,33)/t19-/m1/s1. The molecule has 0 unspecified atom stereocenters. The predicted octanol–water partition coefficient (Wildman–Crippen LogP) is 6.13. The maximum atomic E-state index is 12.9. The first-order valence-electron chi connectivity index (χ1n) is 10.5. The third kappa shape index (κ3) is 7.21. The van der Waals surface area contributed by atoms with Crippen LogP contribution >= 0.6 is 50.9 Å². The predicted molar refractivity (Wildman–Crippen MR) is 141 cm³/mol. The minimum absolute atomic E-state index is 0.152. The Kier molecular flexibility index (Phi) is 9.41. The number of carbonyl (C=O) groups is 2. The number of carbonyl (C=O) groups excluding carboxylic acids is 2. The molecule has 0 fully saturated rings. The highest BCUT2D eigenvalue weighted by molar-refractivity contribution is 9.10. The Labute approximate surface area is 221 Å². The van der Waals surface area contributed by atoms with Crippen molar-refractivity contribution in [3.8, 4) is 0 Å². The van der Waals surface area contributed by atoms with Crippen molar-refractivity contribution in [3.05, 3.63) is 68.4 Å². The average Bonchev–Trinajstić information content (AvgIpc) is 3.13. The summed E-state index contributed by atoms with van der Waals surface area (Å²) in [7, 11) is 1.82. The first kappa shape index (κ1) is 26.5. The van der Waals surface area contributed by atoms with Crippen LogP contribution in [0, 0.1) is 5.92 Å². The van der Waals surface area contributed by atoms with E-state index in [1.54, 1.807) is 16.7 Å². The number of amides is 2. The minimum atomic E-state index is -0.386. The number of nitrogens with one attached hydrogen (secondary N) is 2. The maximum absolute atomic E-state index is 12.9. The topological polar surface area (TPSA) is 88.9 Å². The van der Waals surface area contributed by atoms with Crippen LogP contribution in [0.2, 0.25) is 10.0 Å². The third-order valence-electron chi connectivity index (χ3n) is 4.83. The molecule has 180 valence electrons. The van der Waals surface area contributed by atoms with E-state index in [2.05, 4.69) is 50.6 Å². The number of halogens is 3. The van der Waals surface area contributed by atoms with Crippen molar-refractivity contribution >= 4 is 68.4 Å². The fourth-order valence-corrected chi connectivity index (χ4v) is 4.70. The van der Waals surface area contributed by atoms with Crippen molar-refractivity contribution in [1.82, 2.24) is 20.1 Å². The van der Waals surface area contributed by atoms with Gasteiger partial charge in [-0.05, 0) is 54.8 Å². The highest BCUT2D eigenvalue weighted by Gasteiger charge is 2.24. The van der Waals surface area contributed by atoms with Gasteiger partial charge in [-0.2, -0.15) is 0 Å². The fourth-order valence-electron chi connectivity index (χ4n) is 3.23. The van der Waals surface area contributed by atoms with Crippen LogP contribution in [0.4, 0.5) is 5.69 Å². The quantitative estimate of drug-likeness (QED) is 0.295. The van der Waals surface area contributed by atoms with Crippen LogP contribution in [0.15, 0.2) is 52.1 Å². The number of thioether (sulfide) groups is 1. The zero-order valence-corrected chi connectivity index (χ0v) is 22.7. The summed E-state index contributed by atoms with van der Waals surface area (Å²) >= 11 is 16.8. The smallest absolute Gasteiger partial charge is 0.253 e. The van der Waals surface area contributed by atoms with Gasteiger partial charge in [0.25, 0.3) is 5.91 Å². The third-order valence-corrected chi connectivity index (χ3v) is 6.93. The molecule has 1 heterocycles. The molecule has 1 aromatic heterocycles. The van der Waals surface area contributed by atoms with Gasteiger partial charge in [-0.25, -0.2) is 0 Å². The molecule has 7 nitrogen and oxygen atoms in total. The molecule has 0 radical (unpaired) electrons. The number of hydrogen-bond donors (Lipinski definition) is 2. The molecule has 1 atom stereocenters. The van der Waals surface area contributed by atoms with Crippen molar-refractivity contribution in [2.75, 3.05) is 11.1 Å². The molecule has 3 rings (SSSR count). The summed E-state index contributed by atoms with van der Waals surface area (Å²) in [6.45, 7) is 4.12. The summed E-state index contributed by atoms with van der Waals surface area (Å²) in [6.07, 6.45) is 0.650. The summed E-state index contributed by atoms with van der Waals surface area (Å²) in [5.41, 5.74) is 1.05. The summed E-state index contributed by atoms with van der Waals surface area (Å²) in [4.78, 5) is 25.3. The zero-order chi connectivity index (χ0) is 24.8. The fraction of sp³-hybridized carbons (Fsp3) is 0.304. The first-order valence-corrected chi connectivity index (χ1v) is 13.0. The highest BCUT2D eigenvalue weighted by Crippen LogP contribution is 2.26. The molecular weight excluding hydrogens is 561 g/mol. The first-order chi connectivity index (χ1) is 16.1. The van der Waals surface area contributed by atoms with Gasteiger partial charge < -0.3 is 15.2 Å². The number of anilines is 1. The van der Waals surface area contributed by atoms with Gasteiger partial charge in [0, 0.05) is 22.2 Å². The minimum Gasteiger partial charge on any atom is -0.342 e. The lowest BCUT2D eigenvalue weighted by Crippen LogP contribution is -2.31. The number of benzene rings is 2. The second kappa shape index (κ2) is 12.1. The van der Waals surface area contributed by atoms with E-state index in [1.165, 1.54) is 17.8 Å². The van der Waals surface area contributed by atoms with E-state index < -0.39 is 0 Å². The molecule has 0 spiro atoms. The van der Waals surface area contributed by atoms with E-state index in [4.69, 9.17) is 23.2 Å². The number of rotatable bonds is 9. The Morgan fingerprint density at radius 1 is 1.12 bits per heavy atom. The second-order valence-electron chi connectivity index (χ2n) is 8.02. The van der Waals surface area contributed by atoms with Crippen LogP contribution in [-0.4, -0.2) is 32.3 Å². The van der Waals surface area contributed by atoms with Crippen LogP contribution in [-0.2, 0) is 11.8 Å². The number of nitrogens with zero attached hydrogens (tertiary/aromatic N) is 3. The lowest BCUT2D eigenvalue weighted by atomic mass is 10.0. The molecule has 0 saturated carbocycles. The van der Waals surface area contributed by atoms with Gasteiger partial charge in [-0.1, -0.05) is 64.7 Å². The largest absolute Gasteiger partial charge is 0.342 e. The molecule has 0 aliphatic carbocycles. The van der Waals surface area contributed by atoms with Crippen LogP contribution in [0.5, 0.6) is 0 Å². The summed E-state index contributed by atoms with van der Waals surface area (Å²) < 4.78 is 2.74. The van der Waals surface area contributed by atoms with Crippen molar-refractivity contribution in [2.45, 2.75) is 31.5 Å². The van der Waals surface area contributed by atoms with Crippen LogP contribution in [0.1, 0.15) is 42.5 Å². The highest BCUT2D eigenvalue weighted by atomic mass is 79.9. The lowest BCUT2D eigenvalue weighted by Gasteiger charge is -2.20. The summed E-state index contributed by atoms with van der Waals surface area (Å²) in [5.74, 6) is 0.585. The molecule has 0 aliphatic rings. The molecule has 34 heavy (non-hydrogen) atoms. The van der Waals surface area contributed by atoms with E-state index in [1.807, 2.05) is 31.3 Å². The summed E-state index contributed by atoms with van der Waals surface area (Å²) in [6, 6.07) is 11.7. The van der Waals surface area contributed by atoms with E-state index in [0.717, 1.165) is 4.47 Å². The van der Waals surface area contributed by atoms with E-state index in [9.17, 15) is 9.59 Å². The average molecular weight is 585 g/mol. The normalized spacial score (nSPS) is 12.0. The zero-order valence-electron chi connectivity index (χ0n) is 18.8. The molecule has 2 aromatic carbocycles. The van der Waals surface area contributed by atoms with Gasteiger partial charge in [0.05, 0.1) is 22.4 Å². The van der Waals surface area contributed by atoms with Crippen LogP contribution in [0.3, 0.4) is 0 Å². The molecule has 11 heteroatoms. The Hall–Kier alpha value is -2.07. The van der Waals surface area contributed by atoms with Gasteiger partial charge in [-0.15, -0.1) is 10.2 Å². The van der Waals surface area contributed by atoms with Gasteiger partial charge in [0.15, 0.2) is 11.0 Å². The van der Waals surface area contributed by atoms with Crippen molar-refractivity contribution in [2.24, 2.45) is 13.0 Å². The Bertz CT molecular complexity index is 1170. The van der Waals surface area contributed by atoms with Crippen molar-refractivity contribution < 1.29 is 9.59 Å². The van der Waals surface area contributed by atoms with Crippen molar-refractivity contribution in [1.29, 1.82) is 0 Å². The second-order valence-corrected chi connectivity index (χ2v) is 10.7. The monoisotopic (exact) mass is 583 g/mol. The van der Waals surface area contributed by atoms with Gasteiger partial charge >= 0.3 is 0 Å². The number of aromatic nitrogens is 3. The molecule has 0 aliphatic heterocycles. The molecule has 2 N–H and O–H groups in total. The van der Waals surface area contributed by atoms with E-state index in [0.29, 0.717) is 33.7 Å². The molecule has 0 saturated heterocycles. The van der Waals surface area contributed by atoms with Gasteiger partial charge in [0.2, 0.25) is 5.91 Å². The Balaban J connectivity index is 1.69. The van der Waals surface area contributed by atoms with E-state index in [-0.39, 0.29) is 34.5 Å². The molecule has 2 amide bonds. The SMILES string of the molecule is CC(C)C[C@@H](NC(=O)c1ccc(Cl)cc1Cl)c1nnc(SCC(=O)Nc2ccc(Br)cc2)n1C. The lowest BCUT2D eigenvalue weighted by molar-refractivity contribution is -0.113. The van der Waals surface area contributed by atoms with Gasteiger partial charge in [0.1, 0.15) is 0 Å².